The van der Waals surface area contributed by atoms with Crippen molar-refractivity contribution >= 4 is 44.7 Å². The summed E-state index contributed by atoms with van der Waals surface area (Å²) in [7, 11) is 0. The van der Waals surface area contributed by atoms with E-state index in [0.29, 0.717) is 39.4 Å². The van der Waals surface area contributed by atoms with Gasteiger partial charge in [-0.3, -0.25) is 9.48 Å². The minimum absolute atomic E-state index is 0.206. The predicted molar refractivity (Wildman–Crippen MR) is 125 cm³/mol. The van der Waals surface area contributed by atoms with E-state index in [-0.39, 0.29) is 5.91 Å². The maximum Gasteiger partial charge on any atom is 0.265 e. The molecule has 1 amide bonds. The summed E-state index contributed by atoms with van der Waals surface area (Å²) in [5.74, 6) is 0.688. The number of thiophene rings is 1. The highest BCUT2D eigenvalue weighted by molar-refractivity contribution is 7.20. The number of aromatic nitrogens is 4. The second-order valence-electron chi connectivity index (χ2n) is 7.30. The minimum atomic E-state index is -0.206. The quantitative estimate of drug-likeness (QED) is 0.360. The predicted octanol–water partition coefficient (Wildman–Crippen LogP) is 5.72. The van der Waals surface area contributed by atoms with Crippen LogP contribution in [0.2, 0.25) is 5.02 Å². The van der Waals surface area contributed by atoms with Crippen molar-refractivity contribution in [3.8, 4) is 11.4 Å². The van der Waals surface area contributed by atoms with E-state index in [1.807, 2.05) is 66.2 Å². The third kappa shape index (κ3) is 3.79. The van der Waals surface area contributed by atoms with Gasteiger partial charge in [0.2, 0.25) is 11.7 Å². The molecule has 0 aliphatic heterocycles. The molecule has 0 saturated carbocycles. The lowest BCUT2D eigenvalue weighted by molar-refractivity contribution is 0.103. The molecule has 0 saturated heterocycles. The van der Waals surface area contributed by atoms with Crippen LogP contribution < -0.4 is 5.32 Å². The second-order valence-corrected chi connectivity index (χ2v) is 8.74. The number of rotatable bonds is 5. The molecule has 0 aliphatic carbocycles. The van der Waals surface area contributed by atoms with Gasteiger partial charge in [0.15, 0.2) is 0 Å². The topological polar surface area (TPSA) is 85.8 Å². The zero-order valence-electron chi connectivity index (χ0n) is 17.3. The Balaban J connectivity index is 1.45. The molecule has 0 unspecified atom stereocenters. The molecule has 5 aromatic rings. The number of para-hydroxylation sites is 1. The fraction of sp³-hybridized carbons (Fsp3) is 0.130. The van der Waals surface area contributed by atoms with Gasteiger partial charge >= 0.3 is 0 Å². The summed E-state index contributed by atoms with van der Waals surface area (Å²) in [5.41, 5.74) is 3.15. The monoisotopic (exact) mass is 463 g/mol. The molecule has 5 rings (SSSR count). The van der Waals surface area contributed by atoms with E-state index in [4.69, 9.17) is 16.1 Å². The van der Waals surface area contributed by atoms with Crippen molar-refractivity contribution < 1.29 is 9.32 Å². The smallest absolute Gasteiger partial charge is 0.265 e. The van der Waals surface area contributed by atoms with E-state index in [2.05, 4.69) is 20.6 Å². The van der Waals surface area contributed by atoms with Crippen LogP contribution in [0.25, 0.3) is 21.6 Å². The Labute approximate surface area is 192 Å². The van der Waals surface area contributed by atoms with Crippen molar-refractivity contribution in [3.05, 3.63) is 81.6 Å². The van der Waals surface area contributed by atoms with Crippen LogP contribution in [0.15, 0.2) is 59.1 Å². The van der Waals surface area contributed by atoms with E-state index in [9.17, 15) is 4.79 Å². The van der Waals surface area contributed by atoms with Gasteiger partial charge in [0.25, 0.3) is 5.91 Å². The summed E-state index contributed by atoms with van der Waals surface area (Å²) < 4.78 is 6.98. The molecule has 160 valence electrons. The van der Waals surface area contributed by atoms with Crippen LogP contribution in [0.3, 0.4) is 0 Å². The SMILES string of the molecule is Cc1nc(-c2ccccc2NC(=O)c2cc3c(C)nn(Cc4ccccc4Cl)c3s2)no1. The van der Waals surface area contributed by atoms with Crippen molar-refractivity contribution in [3.63, 3.8) is 0 Å². The lowest BCUT2D eigenvalue weighted by Crippen LogP contribution is -2.11. The average Bonchev–Trinajstić information content (AvgIpc) is 3.48. The number of benzene rings is 2. The maximum atomic E-state index is 13.1. The van der Waals surface area contributed by atoms with Gasteiger partial charge in [-0.15, -0.1) is 11.3 Å². The molecule has 0 aliphatic rings. The van der Waals surface area contributed by atoms with Crippen molar-refractivity contribution in [2.45, 2.75) is 20.4 Å². The van der Waals surface area contributed by atoms with Gasteiger partial charge in [-0.2, -0.15) is 10.1 Å². The molecule has 3 aromatic heterocycles. The molecule has 0 bridgehead atoms. The van der Waals surface area contributed by atoms with Crippen molar-refractivity contribution in [2.75, 3.05) is 5.32 Å². The molecule has 0 fully saturated rings. The molecule has 1 N–H and O–H groups in total. The van der Waals surface area contributed by atoms with Gasteiger partial charge in [-0.05, 0) is 36.8 Å². The van der Waals surface area contributed by atoms with Crippen molar-refractivity contribution in [1.29, 1.82) is 0 Å². The molecule has 2 aromatic carbocycles. The number of fused-ring (bicyclic) bond motifs is 1. The number of amides is 1. The molecule has 7 nitrogen and oxygen atoms in total. The lowest BCUT2D eigenvalue weighted by atomic mass is 10.1. The van der Waals surface area contributed by atoms with Crippen molar-refractivity contribution in [2.24, 2.45) is 0 Å². The Bertz CT molecular complexity index is 1450. The van der Waals surface area contributed by atoms with Crippen LogP contribution in [-0.2, 0) is 6.54 Å². The fourth-order valence-electron chi connectivity index (χ4n) is 3.50. The first kappa shape index (κ1) is 20.4. The molecule has 9 heteroatoms. The highest BCUT2D eigenvalue weighted by Crippen LogP contribution is 2.31. The zero-order chi connectivity index (χ0) is 22.2. The van der Waals surface area contributed by atoms with Gasteiger partial charge in [0.1, 0.15) is 4.83 Å². The number of aryl methyl sites for hydroxylation is 2. The number of carbonyl (C=O) groups excluding carboxylic acids is 1. The molecule has 32 heavy (non-hydrogen) atoms. The second kappa shape index (κ2) is 8.22. The maximum absolute atomic E-state index is 13.1. The molecule has 0 atom stereocenters. The van der Waals surface area contributed by atoms with Gasteiger partial charge in [-0.1, -0.05) is 47.1 Å². The summed E-state index contributed by atoms with van der Waals surface area (Å²) in [6, 6.07) is 16.9. The van der Waals surface area contributed by atoms with Crippen molar-refractivity contribution in [1.82, 2.24) is 19.9 Å². The highest BCUT2D eigenvalue weighted by Gasteiger charge is 2.19. The summed E-state index contributed by atoms with van der Waals surface area (Å²) in [5, 5.41) is 13.2. The number of halogens is 1. The van der Waals surface area contributed by atoms with Crippen LogP contribution in [0.4, 0.5) is 5.69 Å². The Morgan fingerprint density at radius 3 is 2.72 bits per heavy atom. The first-order chi connectivity index (χ1) is 15.5. The van der Waals surface area contributed by atoms with Crippen LogP contribution in [0.5, 0.6) is 0 Å². The van der Waals surface area contributed by atoms with E-state index < -0.39 is 0 Å². The summed E-state index contributed by atoms with van der Waals surface area (Å²) in [6.45, 7) is 4.20. The highest BCUT2D eigenvalue weighted by atomic mass is 35.5. The first-order valence-electron chi connectivity index (χ1n) is 9.91. The van der Waals surface area contributed by atoms with Crippen LogP contribution in [-0.4, -0.2) is 25.8 Å². The average molecular weight is 464 g/mol. The zero-order valence-corrected chi connectivity index (χ0v) is 18.9. The van der Waals surface area contributed by atoms with E-state index >= 15 is 0 Å². The van der Waals surface area contributed by atoms with Gasteiger partial charge < -0.3 is 9.84 Å². The largest absolute Gasteiger partial charge is 0.339 e. The molecule has 0 radical (unpaired) electrons. The lowest BCUT2D eigenvalue weighted by Gasteiger charge is -2.07. The number of nitrogens with one attached hydrogen (secondary N) is 1. The summed E-state index contributed by atoms with van der Waals surface area (Å²) >= 11 is 7.72. The normalized spacial score (nSPS) is 11.2. The first-order valence-corrected chi connectivity index (χ1v) is 11.1. The Hall–Kier alpha value is -3.49. The third-order valence-electron chi connectivity index (χ3n) is 5.05. The molecule has 0 spiro atoms. The number of hydrogen-bond donors (Lipinski definition) is 1. The molecule has 3 heterocycles. The van der Waals surface area contributed by atoms with E-state index in [1.165, 1.54) is 11.3 Å². The van der Waals surface area contributed by atoms with Gasteiger partial charge in [0.05, 0.1) is 22.8 Å². The molecular formula is C23H18ClN5O2S. The number of anilines is 1. The Morgan fingerprint density at radius 2 is 1.94 bits per heavy atom. The van der Waals surface area contributed by atoms with Gasteiger partial charge in [-0.25, -0.2) is 0 Å². The van der Waals surface area contributed by atoms with Crippen LogP contribution in [0.1, 0.15) is 26.8 Å². The number of nitrogens with zero attached hydrogens (tertiary/aromatic N) is 4. The summed E-state index contributed by atoms with van der Waals surface area (Å²) in [6.07, 6.45) is 0. The molecular weight excluding hydrogens is 446 g/mol. The number of carbonyl (C=O) groups is 1. The van der Waals surface area contributed by atoms with Crippen LogP contribution in [0, 0.1) is 13.8 Å². The fourth-order valence-corrected chi connectivity index (χ4v) is 4.75. The minimum Gasteiger partial charge on any atom is -0.339 e. The standard InChI is InChI=1S/C23H18ClN5O2S/c1-13-17-11-20(32-23(17)29(27-13)12-15-7-3-5-9-18(15)24)22(30)26-19-10-6-4-8-16(19)21-25-14(2)31-28-21/h3-11H,12H2,1-2H3,(H,26,30). The summed E-state index contributed by atoms with van der Waals surface area (Å²) in [4.78, 5) is 18.9. The van der Waals surface area contributed by atoms with E-state index in [0.717, 1.165) is 21.5 Å². The number of hydrogen-bond acceptors (Lipinski definition) is 6. The van der Waals surface area contributed by atoms with Gasteiger partial charge in [0, 0.05) is 22.9 Å². The van der Waals surface area contributed by atoms with E-state index in [1.54, 1.807) is 6.92 Å². The third-order valence-corrected chi connectivity index (χ3v) is 6.57. The Morgan fingerprint density at radius 1 is 1.16 bits per heavy atom. The van der Waals surface area contributed by atoms with Crippen LogP contribution >= 0.6 is 22.9 Å². The Kier molecular flexibility index (Phi) is 5.24.